The molecule has 3 N–H and O–H groups in total. The van der Waals surface area contributed by atoms with Crippen molar-refractivity contribution in [3.63, 3.8) is 0 Å². The SMILES string of the molecule is CC(C)(C)OC(=O)CCCCCCCCCCCCCCCCC(=O)NCCOCCOCCN. The Morgan fingerprint density at radius 3 is 1.51 bits per heavy atom. The van der Waals surface area contributed by atoms with E-state index >= 15 is 0 Å². The van der Waals surface area contributed by atoms with E-state index in [0.717, 1.165) is 25.7 Å². The van der Waals surface area contributed by atoms with Gasteiger partial charge < -0.3 is 25.3 Å². The standard InChI is InChI=1S/C28H56N2O5/c1-28(2,3)35-27(32)19-17-15-13-11-9-7-5-4-6-8-10-12-14-16-18-26(31)30-21-23-34-25-24-33-22-20-29/h4-25,29H2,1-3H3,(H,30,31). The summed E-state index contributed by atoms with van der Waals surface area (Å²) >= 11 is 0. The average Bonchev–Trinajstić information content (AvgIpc) is 2.79. The van der Waals surface area contributed by atoms with E-state index in [1.807, 2.05) is 20.8 Å². The van der Waals surface area contributed by atoms with Gasteiger partial charge in [-0.05, 0) is 33.6 Å². The van der Waals surface area contributed by atoms with Crippen molar-refractivity contribution in [2.45, 2.75) is 129 Å². The topological polar surface area (TPSA) is 99.9 Å². The maximum Gasteiger partial charge on any atom is 0.306 e. The Morgan fingerprint density at radius 1 is 0.629 bits per heavy atom. The molecule has 0 aliphatic rings. The molecule has 0 aliphatic carbocycles. The molecule has 35 heavy (non-hydrogen) atoms. The number of carbonyl (C=O) groups excluding carboxylic acids is 2. The highest BCUT2D eigenvalue weighted by atomic mass is 16.6. The molecule has 0 aromatic rings. The van der Waals surface area contributed by atoms with Crippen molar-refractivity contribution in [2.75, 3.05) is 39.5 Å². The highest BCUT2D eigenvalue weighted by Crippen LogP contribution is 2.15. The van der Waals surface area contributed by atoms with Gasteiger partial charge in [0.25, 0.3) is 0 Å². The third-order valence-corrected chi connectivity index (χ3v) is 5.66. The van der Waals surface area contributed by atoms with Crippen LogP contribution < -0.4 is 11.1 Å². The van der Waals surface area contributed by atoms with Crippen molar-refractivity contribution in [1.82, 2.24) is 5.32 Å². The van der Waals surface area contributed by atoms with Crippen LogP contribution in [0.5, 0.6) is 0 Å². The van der Waals surface area contributed by atoms with E-state index in [-0.39, 0.29) is 17.5 Å². The van der Waals surface area contributed by atoms with Gasteiger partial charge in [-0.1, -0.05) is 77.0 Å². The molecule has 7 nitrogen and oxygen atoms in total. The van der Waals surface area contributed by atoms with Crippen molar-refractivity contribution in [2.24, 2.45) is 5.73 Å². The van der Waals surface area contributed by atoms with Crippen LogP contribution in [0.2, 0.25) is 0 Å². The number of hydrogen-bond acceptors (Lipinski definition) is 6. The van der Waals surface area contributed by atoms with Gasteiger partial charge >= 0.3 is 5.97 Å². The maximum absolute atomic E-state index is 11.8. The zero-order chi connectivity index (χ0) is 26.0. The van der Waals surface area contributed by atoms with Crippen molar-refractivity contribution in [1.29, 1.82) is 0 Å². The summed E-state index contributed by atoms with van der Waals surface area (Å²) in [5.74, 6) is 0.0532. The summed E-state index contributed by atoms with van der Waals surface area (Å²) in [7, 11) is 0. The zero-order valence-electron chi connectivity index (χ0n) is 23.2. The molecule has 0 unspecified atom stereocenters. The molecule has 0 saturated carbocycles. The first-order valence-electron chi connectivity index (χ1n) is 14.2. The van der Waals surface area contributed by atoms with Gasteiger partial charge in [-0.2, -0.15) is 0 Å². The lowest BCUT2D eigenvalue weighted by Crippen LogP contribution is -2.27. The smallest absolute Gasteiger partial charge is 0.306 e. The Kier molecular flexibility index (Phi) is 23.7. The van der Waals surface area contributed by atoms with Gasteiger partial charge in [0.1, 0.15) is 5.60 Å². The van der Waals surface area contributed by atoms with Gasteiger partial charge in [-0.15, -0.1) is 0 Å². The molecular formula is C28H56N2O5. The Bertz CT molecular complexity index is 494. The predicted octanol–water partition coefficient (Wildman–Crippen LogP) is 5.68. The summed E-state index contributed by atoms with van der Waals surface area (Å²) in [6.07, 6.45) is 18.3. The number of rotatable bonds is 25. The molecule has 208 valence electrons. The minimum absolute atomic E-state index is 0.0681. The molecule has 0 aliphatic heterocycles. The van der Waals surface area contributed by atoms with Crippen LogP contribution in [0, 0.1) is 0 Å². The van der Waals surface area contributed by atoms with Crippen LogP contribution in [0.15, 0.2) is 0 Å². The number of unbranched alkanes of at least 4 members (excludes halogenated alkanes) is 13. The van der Waals surface area contributed by atoms with Crippen LogP contribution in [0.3, 0.4) is 0 Å². The van der Waals surface area contributed by atoms with E-state index in [0.29, 0.717) is 52.4 Å². The Balaban J connectivity index is 3.21. The van der Waals surface area contributed by atoms with Crippen LogP contribution in [0.4, 0.5) is 0 Å². The lowest BCUT2D eigenvalue weighted by Gasteiger charge is -2.19. The van der Waals surface area contributed by atoms with E-state index in [4.69, 9.17) is 19.9 Å². The lowest BCUT2D eigenvalue weighted by atomic mass is 10.0. The Labute approximate surface area is 215 Å². The van der Waals surface area contributed by atoms with Gasteiger partial charge in [0.15, 0.2) is 0 Å². The molecule has 0 saturated heterocycles. The van der Waals surface area contributed by atoms with E-state index in [9.17, 15) is 9.59 Å². The molecule has 0 rings (SSSR count). The fraction of sp³-hybridized carbons (Fsp3) is 0.929. The molecule has 0 bridgehead atoms. The van der Waals surface area contributed by atoms with Crippen LogP contribution in [-0.2, 0) is 23.8 Å². The number of esters is 1. The first-order valence-corrected chi connectivity index (χ1v) is 14.2. The largest absolute Gasteiger partial charge is 0.460 e. The minimum atomic E-state index is -0.368. The van der Waals surface area contributed by atoms with Gasteiger partial charge in [-0.25, -0.2) is 0 Å². The molecule has 0 heterocycles. The summed E-state index contributed by atoms with van der Waals surface area (Å²) in [6.45, 7) is 8.99. The fourth-order valence-electron chi connectivity index (χ4n) is 3.83. The molecule has 0 aromatic carbocycles. The third kappa shape index (κ3) is 28.9. The van der Waals surface area contributed by atoms with Crippen LogP contribution in [0.25, 0.3) is 0 Å². The molecule has 1 amide bonds. The van der Waals surface area contributed by atoms with Gasteiger partial charge in [0.05, 0.1) is 26.4 Å². The summed E-state index contributed by atoms with van der Waals surface area (Å²) in [5, 5.41) is 2.90. The summed E-state index contributed by atoms with van der Waals surface area (Å²) in [6, 6.07) is 0. The monoisotopic (exact) mass is 500 g/mol. The van der Waals surface area contributed by atoms with Crippen molar-refractivity contribution < 1.29 is 23.8 Å². The number of nitrogens with one attached hydrogen (secondary N) is 1. The van der Waals surface area contributed by atoms with E-state index in [2.05, 4.69) is 5.32 Å². The molecule has 7 heteroatoms. The average molecular weight is 501 g/mol. The van der Waals surface area contributed by atoms with E-state index in [1.165, 1.54) is 64.2 Å². The number of amides is 1. The molecule has 0 spiro atoms. The number of nitrogens with two attached hydrogens (primary N) is 1. The summed E-state index contributed by atoms with van der Waals surface area (Å²) < 4.78 is 15.9. The lowest BCUT2D eigenvalue weighted by molar-refractivity contribution is -0.154. The third-order valence-electron chi connectivity index (χ3n) is 5.66. The molecule has 0 atom stereocenters. The highest BCUT2D eigenvalue weighted by Gasteiger charge is 2.15. The Morgan fingerprint density at radius 2 is 1.06 bits per heavy atom. The van der Waals surface area contributed by atoms with E-state index < -0.39 is 0 Å². The van der Waals surface area contributed by atoms with Gasteiger partial charge in [-0.3, -0.25) is 9.59 Å². The first kappa shape index (κ1) is 33.8. The predicted molar refractivity (Wildman–Crippen MR) is 143 cm³/mol. The number of carbonyl (C=O) groups is 2. The molecule has 0 aromatic heterocycles. The quantitative estimate of drug-likeness (QED) is 0.124. The molecule has 0 radical (unpaired) electrons. The van der Waals surface area contributed by atoms with Crippen molar-refractivity contribution >= 4 is 11.9 Å². The van der Waals surface area contributed by atoms with Crippen molar-refractivity contribution in [3.8, 4) is 0 Å². The van der Waals surface area contributed by atoms with Crippen LogP contribution in [-0.4, -0.2) is 57.0 Å². The summed E-state index contributed by atoms with van der Waals surface area (Å²) in [4.78, 5) is 23.5. The number of ether oxygens (including phenoxy) is 3. The second-order valence-electron chi connectivity index (χ2n) is 10.4. The maximum atomic E-state index is 11.8. The van der Waals surface area contributed by atoms with Crippen LogP contribution >= 0.6 is 0 Å². The van der Waals surface area contributed by atoms with Crippen LogP contribution in [0.1, 0.15) is 124 Å². The molecule has 0 fully saturated rings. The van der Waals surface area contributed by atoms with Gasteiger partial charge in [0, 0.05) is 25.9 Å². The fourth-order valence-corrected chi connectivity index (χ4v) is 3.83. The second-order valence-corrected chi connectivity index (χ2v) is 10.4. The normalized spacial score (nSPS) is 11.5. The Hall–Kier alpha value is -1.18. The van der Waals surface area contributed by atoms with E-state index in [1.54, 1.807) is 0 Å². The zero-order valence-corrected chi connectivity index (χ0v) is 23.2. The molecular weight excluding hydrogens is 444 g/mol. The minimum Gasteiger partial charge on any atom is -0.460 e. The highest BCUT2D eigenvalue weighted by molar-refractivity contribution is 5.75. The second kappa shape index (κ2) is 24.5. The van der Waals surface area contributed by atoms with Gasteiger partial charge in [0.2, 0.25) is 5.91 Å². The first-order chi connectivity index (χ1) is 16.8. The number of hydrogen-bond donors (Lipinski definition) is 2. The summed E-state index contributed by atoms with van der Waals surface area (Å²) in [5.41, 5.74) is 4.96. The van der Waals surface area contributed by atoms with Crippen molar-refractivity contribution in [3.05, 3.63) is 0 Å².